The number of pyridine rings is 1. The van der Waals surface area contributed by atoms with Crippen molar-refractivity contribution >= 4 is 11.8 Å². The number of carbonyl (C=O) groups is 1. The molecule has 1 saturated heterocycles. The molecule has 5 nitrogen and oxygen atoms in total. The van der Waals surface area contributed by atoms with Gasteiger partial charge in [0.15, 0.2) is 0 Å². The van der Waals surface area contributed by atoms with Crippen LogP contribution >= 0.6 is 0 Å². The second kappa shape index (κ2) is 7.28. The molecule has 1 unspecified atom stereocenters. The molecule has 0 bridgehead atoms. The van der Waals surface area contributed by atoms with Gasteiger partial charge in [-0.2, -0.15) is 13.2 Å². The first-order valence-corrected chi connectivity index (χ1v) is 8.71. The summed E-state index contributed by atoms with van der Waals surface area (Å²) in [5.41, 5.74) is -0.814. The Balaban J connectivity index is 1.42. The van der Waals surface area contributed by atoms with E-state index in [1.807, 2.05) is 4.90 Å². The van der Waals surface area contributed by atoms with Gasteiger partial charge in [-0.1, -0.05) is 0 Å². The van der Waals surface area contributed by atoms with Crippen LogP contribution < -0.4 is 15.5 Å². The maximum absolute atomic E-state index is 13.3. The van der Waals surface area contributed by atoms with Gasteiger partial charge >= 0.3 is 12.2 Å². The fourth-order valence-corrected chi connectivity index (χ4v) is 3.16. The molecule has 0 spiro atoms. The number of nitrogens with one attached hydrogen (secondary N) is 2. The number of urea groups is 1. The maximum Gasteiger partial charge on any atom is 0.394 e. The molecular weight excluding hydrogens is 352 g/mol. The summed E-state index contributed by atoms with van der Waals surface area (Å²) in [6.07, 6.45) is -2.81. The van der Waals surface area contributed by atoms with Crippen LogP contribution in [0.3, 0.4) is 0 Å². The van der Waals surface area contributed by atoms with E-state index < -0.39 is 23.8 Å². The minimum atomic E-state index is -4.20. The van der Waals surface area contributed by atoms with Gasteiger partial charge in [0, 0.05) is 25.8 Å². The first-order chi connectivity index (χ1) is 12.3. The number of alkyl halides is 4. The number of aromatic nitrogens is 1. The number of carbonyl (C=O) groups excluding carboxylic acids is 1. The number of amides is 2. The van der Waals surface area contributed by atoms with E-state index in [2.05, 4.69) is 15.6 Å². The van der Waals surface area contributed by atoms with Crippen molar-refractivity contribution in [1.82, 2.24) is 15.6 Å². The van der Waals surface area contributed by atoms with Crippen molar-refractivity contribution in [2.75, 3.05) is 24.5 Å². The smallest absolute Gasteiger partial charge is 0.354 e. The van der Waals surface area contributed by atoms with E-state index in [0.717, 1.165) is 5.56 Å². The Bertz CT molecular complexity index is 648. The highest BCUT2D eigenvalue weighted by molar-refractivity contribution is 5.73. The van der Waals surface area contributed by atoms with Crippen molar-refractivity contribution in [3.8, 4) is 0 Å². The third-order valence-corrected chi connectivity index (χ3v) is 5.06. The van der Waals surface area contributed by atoms with E-state index in [4.69, 9.17) is 0 Å². The van der Waals surface area contributed by atoms with Gasteiger partial charge in [0.25, 0.3) is 0 Å². The van der Waals surface area contributed by atoms with Gasteiger partial charge < -0.3 is 15.5 Å². The highest BCUT2D eigenvalue weighted by Gasteiger charge is 2.62. The fourth-order valence-electron chi connectivity index (χ4n) is 3.16. The van der Waals surface area contributed by atoms with E-state index in [1.165, 1.54) is 0 Å². The molecule has 1 saturated carbocycles. The molecule has 1 atom stereocenters. The van der Waals surface area contributed by atoms with E-state index in [9.17, 15) is 22.4 Å². The molecule has 0 radical (unpaired) electrons. The standard InChI is InChI=1S/C17H22F4N4O/c18-13-2-8-25(11-13)14-9-12(1-6-22-14)10-24-15(26)23-7-5-16(3-4-16)17(19,20)21/h1,6,9,13H,2-5,7-8,10-11H2,(H2,23,24,26). The number of anilines is 1. The summed E-state index contributed by atoms with van der Waals surface area (Å²) in [6.45, 7) is 1.12. The van der Waals surface area contributed by atoms with Gasteiger partial charge in [0.1, 0.15) is 12.0 Å². The van der Waals surface area contributed by atoms with E-state index >= 15 is 0 Å². The summed E-state index contributed by atoms with van der Waals surface area (Å²) in [7, 11) is 0. The van der Waals surface area contributed by atoms with Gasteiger partial charge in [-0.3, -0.25) is 0 Å². The zero-order valence-corrected chi connectivity index (χ0v) is 14.3. The molecule has 2 fully saturated rings. The molecule has 3 rings (SSSR count). The molecule has 2 amide bonds. The van der Waals surface area contributed by atoms with Crippen LogP contribution in [0.25, 0.3) is 0 Å². The fraction of sp³-hybridized carbons (Fsp3) is 0.647. The Kier molecular flexibility index (Phi) is 5.24. The summed E-state index contributed by atoms with van der Waals surface area (Å²) < 4.78 is 51.7. The number of rotatable bonds is 6. The molecule has 1 aromatic rings. The van der Waals surface area contributed by atoms with Crippen molar-refractivity contribution in [2.24, 2.45) is 5.41 Å². The highest BCUT2D eigenvalue weighted by atomic mass is 19.4. The lowest BCUT2D eigenvalue weighted by atomic mass is 10.0. The first-order valence-electron chi connectivity index (χ1n) is 8.71. The first kappa shape index (κ1) is 18.7. The van der Waals surface area contributed by atoms with Crippen molar-refractivity contribution < 1.29 is 22.4 Å². The van der Waals surface area contributed by atoms with Gasteiger partial charge in [0.05, 0.1) is 12.0 Å². The van der Waals surface area contributed by atoms with Crippen LogP contribution in [0.4, 0.5) is 28.2 Å². The average Bonchev–Trinajstić information content (AvgIpc) is 3.27. The van der Waals surface area contributed by atoms with Crippen molar-refractivity contribution in [2.45, 2.75) is 44.6 Å². The number of halogens is 4. The third kappa shape index (κ3) is 4.37. The predicted octanol–water partition coefficient (Wildman–Crippen LogP) is 3.16. The van der Waals surface area contributed by atoms with Crippen LogP contribution in [0.5, 0.6) is 0 Å². The molecule has 2 aliphatic rings. The summed E-state index contributed by atoms with van der Waals surface area (Å²) >= 11 is 0. The average molecular weight is 374 g/mol. The number of nitrogens with zero attached hydrogens (tertiary/aromatic N) is 2. The lowest BCUT2D eigenvalue weighted by molar-refractivity contribution is -0.188. The molecule has 1 aliphatic heterocycles. The second-order valence-corrected chi connectivity index (χ2v) is 6.99. The van der Waals surface area contributed by atoms with E-state index in [0.29, 0.717) is 25.3 Å². The SMILES string of the molecule is O=C(NCCC1(C(F)(F)F)CC1)NCc1ccnc(N2CCC(F)C2)c1. The normalized spacial score (nSPS) is 21.5. The Hall–Kier alpha value is -2.06. The van der Waals surface area contributed by atoms with Crippen LogP contribution in [0.15, 0.2) is 18.3 Å². The highest BCUT2D eigenvalue weighted by Crippen LogP contribution is 2.59. The molecule has 2 heterocycles. The molecule has 1 aliphatic carbocycles. The van der Waals surface area contributed by atoms with E-state index in [-0.39, 0.29) is 32.4 Å². The van der Waals surface area contributed by atoms with Crippen molar-refractivity contribution in [3.05, 3.63) is 23.9 Å². The Morgan fingerprint density at radius 2 is 2.12 bits per heavy atom. The zero-order chi connectivity index (χ0) is 18.8. The Labute approximate surface area is 149 Å². The molecule has 2 N–H and O–H groups in total. The largest absolute Gasteiger partial charge is 0.394 e. The van der Waals surface area contributed by atoms with Crippen LogP contribution in [0.1, 0.15) is 31.2 Å². The van der Waals surface area contributed by atoms with E-state index in [1.54, 1.807) is 18.3 Å². The van der Waals surface area contributed by atoms with Gasteiger partial charge in [-0.05, 0) is 43.4 Å². The molecule has 26 heavy (non-hydrogen) atoms. The molecule has 9 heteroatoms. The number of hydrogen-bond acceptors (Lipinski definition) is 3. The summed E-state index contributed by atoms with van der Waals surface area (Å²) in [4.78, 5) is 17.8. The quantitative estimate of drug-likeness (QED) is 0.752. The van der Waals surface area contributed by atoms with Crippen molar-refractivity contribution in [3.63, 3.8) is 0 Å². The van der Waals surface area contributed by atoms with Gasteiger partial charge in [-0.25, -0.2) is 14.2 Å². The Morgan fingerprint density at radius 3 is 2.73 bits per heavy atom. The second-order valence-electron chi connectivity index (χ2n) is 6.99. The Morgan fingerprint density at radius 1 is 1.35 bits per heavy atom. The lowest BCUT2D eigenvalue weighted by Crippen LogP contribution is -2.37. The van der Waals surface area contributed by atoms with Crippen LogP contribution in [-0.2, 0) is 6.54 Å². The topological polar surface area (TPSA) is 57.3 Å². The maximum atomic E-state index is 13.3. The minimum absolute atomic E-state index is 0.0153. The molecule has 0 aromatic carbocycles. The summed E-state index contributed by atoms with van der Waals surface area (Å²) in [6, 6.07) is 3.00. The molecular formula is C17H22F4N4O. The van der Waals surface area contributed by atoms with Crippen LogP contribution in [0, 0.1) is 5.41 Å². The van der Waals surface area contributed by atoms with Crippen LogP contribution in [0.2, 0.25) is 0 Å². The molecule has 1 aromatic heterocycles. The van der Waals surface area contributed by atoms with Gasteiger partial charge in [-0.15, -0.1) is 0 Å². The molecule has 144 valence electrons. The monoisotopic (exact) mass is 374 g/mol. The minimum Gasteiger partial charge on any atom is -0.354 e. The van der Waals surface area contributed by atoms with Crippen LogP contribution in [-0.4, -0.2) is 43.0 Å². The van der Waals surface area contributed by atoms with Gasteiger partial charge in [0.2, 0.25) is 0 Å². The summed E-state index contributed by atoms with van der Waals surface area (Å²) in [5, 5.41) is 5.09. The zero-order valence-electron chi connectivity index (χ0n) is 14.3. The summed E-state index contributed by atoms with van der Waals surface area (Å²) in [5.74, 6) is 0.658. The lowest BCUT2D eigenvalue weighted by Gasteiger charge is -2.19. The van der Waals surface area contributed by atoms with Crippen molar-refractivity contribution in [1.29, 1.82) is 0 Å². The predicted molar refractivity (Wildman–Crippen MR) is 88.5 cm³/mol. The number of hydrogen-bond donors (Lipinski definition) is 2. The third-order valence-electron chi connectivity index (χ3n) is 5.06.